The second kappa shape index (κ2) is 8.34. The summed E-state index contributed by atoms with van der Waals surface area (Å²) in [7, 11) is 1.54. The highest BCUT2D eigenvalue weighted by molar-refractivity contribution is 6.10. The van der Waals surface area contributed by atoms with Crippen LogP contribution in [0.4, 0.5) is 5.82 Å². The Bertz CT molecular complexity index is 1390. The van der Waals surface area contributed by atoms with Crippen molar-refractivity contribution in [1.82, 2.24) is 15.2 Å². The second-order valence-electron chi connectivity index (χ2n) is 9.70. The Morgan fingerprint density at radius 3 is 2.69 bits per heavy atom. The van der Waals surface area contributed by atoms with Crippen LogP contribution in [0.2, 0.25) is 0 Å². The highest BCUT2D eigenvalue weighted by Gasteiger charge is 2.53. The van der Waals surface area contributed by atoms with Gasteiger partial charge in [0.1, 0.15) is 28.3 Å². The number of imide groups is 1. The molecule has 2 N–H and O–H groups in total. The molecule has 2 aromatic heterocycles. The van der Waals surface area contributed by atoms with Crippen LogP contribution in [0.15, 0.2) is 40.8 Å². The van der Waals surface area contributed by atoms with Gasteiger partial charge in [-0.25, -0.2) is 4.98 Å². The zero-order chi connectivity index (χ0) is 25.0. The van der Waals surface area contributed by atoms with E-state index in [9.17, 15) is 19.5 Å². The maximum Gasteiger partial charge on any atom is 0.254 e. The molecule has 186 valence electrons. The summed E-state index contributed by atoms with van der Waals surface area (Å²) in [6.07, 6.45) is 0.954. The molecule has 2 fully saturated rings. The highest BCUT2D eigenvalue weighted by atomic mass is 16.5. The fourth-order valence-electron chi connectivity index (χ4n) is 5.39. The number of benzene rings is 1. The Balaban J connectivity index is 1.33. The van der Waals surface area contributed by atoms with Gasteiger partial charge in [-0.05, 0) is 42.7 Å². The molecular formula is C26H26N4O6. The van der Waals surface area contributed by atoms with Gasteiger partial charge in [-0.15, -0.1) is 0 Å². The van der Waals surface area contributed by atoms with Gasteiger partial charge >= 0.3 is 0 Å². The van der Waals surface area contributed by atoms with E-state index in [4.69, 9.17) is 14.1 Å². The molecule has 0 bridgehead atoms. The van der Waals surface area contributed by atoms with Gasteiger partial charge in [-0.2, -0.15) is 0 Å². The minimum atomic E-state index is -1.35. The number of carbonyl (C=O) groups excluding carboxylic acids is 3. The third-order valence-electron chi connectivity index (χ3n) is 7.43. The number of methoxy groups -OCH3 is 1. The Morgan fingerprint density at radius 2 is 1.97 bits per heavy atom. The normalized spacial score (nSPS) is 22.4. The van der Waals surface area contributed by atoms with Crippen LogP contribution in [-0.2, 0) is 21.5 Å². The molecule has 3 aromatic rings. The van der Waals surface area contributed by atoms with Crippen LogP contribution in [-0.4, -0.2) is 65.6 Å². The first-order chi connectivity index (χ1) is 17.4. The molecular weight excluding hydrogens is 464 g/mol. The maximum absolute atomic E-state index is 13.2. The number of aliphatic hydroxyl groups excluding tert-OH is 1. The van der Waals surface area contributed by atoms with E-state index in [1.165, 1.54) is 7.11 Å². The third kappa shape index (κ3) is 3.60. The van der Waals surface area contributed by atoms with Crippen molar-refractivity contribution in [3.63, 3.8) is 0 Å². The number of aromatic nitrogens is 1. The Morgan fingerprint density at radius 1 is 1.17 bits per heavy atom. The zero-order valence-electron chi connectivity index (χ0n) is 19.8. The topological polar surface area (TPSA) is 125 Å². The van der Waals surface area contributed by atoms with Crippen molar-refractivity contribution in [2.24, 2.45) is 0 Å². The predicted octanol–water partition coefficient (Wildman–Crippen LogP) is 1.74. The van der Waals surface area contributed by atoms with Crippen LogP contribution >= 0.6 is 0 Å². The average molecular weight is 491 g/mol. The van der Waals surface area contributed by atoms with Gasteiger partial charge in [0.2, 0.25) is 11.8 Å². The van der Waals surface area contributed by atoms with E-state index >= 15 is 0 Å². The fraction of sp³-hybridized carbons (Fsp3) is 0.385. The lowest BCUT2D eigenvalue weighted by molar-refractivity contribution is -0.127. The number of anilines is 1. The highest BCUT2D eigenvalue weighted by Crippen LogP contribution is 2.39. The molecule has 36 heavy (non-hydrogen) atoms. The first-order valence-electron chi connectivity index (χ1n) is 12.0. The number of ether oxygens (including phenoxy) is 1. The molecule has 0 unspecified atom stereocenters. The number of aliphatic hydroxyl groups is 1. The minimum absolute atomic E-state index is 0.00288. The number of hydrogen-bond donors (Lipinski definition) is 2. The van der Waals surface area contributed by atoms with Crippen molar-refractivity contribution in [2.75, 3.05) is 31.6 Å². The molecule has 0 aliphatic carbocycles. The molecule has 1 atom stereocenters. The van der Waals surface area contributed by atoms with E-state index in [0.29, 0.717) is 60.6 Å². The number of hydrogen-bond acceptors (Lipinski definition) is 8. The number of rotatable bonds is 5. The smallest absolute Gasteiger partial charge is 0.254 e. The lowest BCUT2D eigenvalue weighted by Gasteiger charge is -2.30. The lowest BCUT2D eigenvalue weighted by Crippen LogP contribution is -2.46. The van der Waals surface area contributed by atoms with E-state index < -0.39 is 17.2 Å². The molecule has 0 saturated carbocycles. The van der Waals surface area contributed by atoms with Crippen LogP contribution in [0.1, 0.15) is 40.9 Å². The molecule has 6 rings (SSSR count). The van der Waals surface area contributed by atoms with Gasteiger partial charge in [-0.3, -0.25) is 19.7 Å². The molecule has 1 aromatic carbocycles. The standard InChI is InChI=1S/C26H26N4O6/c1-35-17-3-2-15-13-30(24(33)18(15)10-17)14-26(12-23(32)28-25(26)34)21-11-19-20(36-21)4-5-22(27-19)29-8-6-16(31)7-9-29/h2-5,10-11,16,31H,6-9,12-14H2,1H3,(H,28,32,34)/t26-/m1/s1. The molecule has 0 radical (unpaired) electrons. The summed E-state index contributed by atoms with van der Waals surface area (Å²) in [6.45, 7) is 1.73. The number of fused-ring (bicyclic) bond motifs is 2. The van der Waals surface area contributed by atoms with Crippen LogP contribution < -0.4 is 15.0 Å². The molecule has 3 aliphatic heterocycles. The van der Waals surface area contributed by atoms with Gasteiger partial charge in [0, 0.05) is 37.8 Å². The summed E-state index contributed by atoms with van der Waals surface area (Å²) >= 11 is 0. The third-order valence-corrected chi connectivity index (χ3v) is 7.43. The number of nitrogens with one attached hydrogen (secondary N) is 1. The Labute approximate surface area is 206 Å². The first-order valence-corrected chi connectivity index (χ1v) is 12.0. The largest absolute Gasteiger partial charge is 0.497 e. The van der Waals surface area contributed by atoms with Crippen molar-refractivity contribution >= 4 is 34.6 Å². The number of furan rings is 1. The number of nitrogens with zero attached hydrogens (tertiary/aromatic N) is 3. The molecule has 0 spiro atoms. The molecule has 10 nitrogen and oxygen atoms in total. The quantitative estimate of drug-likeness (QED) is 0.518. The minimum Gasteiger partial charge on any atom is -0.497 e. The molecule has 10 heteroatoms. The van der Waals surface area contributed by atoms with Crippen LogP contribution in [0.25, 0.3) is 11.1 Å². The number of amides is 3. The van der Waals surface area contributed by atoms with E-state index in [-0.39, 0.29) is 25.0 Å². The van der Waals surface area contributed by atoms with Gasteiger partial charge in [-0.1, -0.05) is 6.07 Å². The van der Waals surface area contributed by atoms with Crippen molar-refractivity contribution in [3.05, 3.63) is 53.3 Å². The van der Waals surface area contributed by atoms with Crippen molar-refractivity contribution in [3.8, 4) is 5.75 Å². The fourth-order valence-corrected chi connectivity index (χ4v) is 5.39. The van der Waals surface area contributed by atoms with Gasteiger partial charge in [0.05, 0.1) is 19.6 Å². The number of pyridine rings is 1. The van der Waals surface area contributed by atoms with Crippen molar-refractivity contribution < 1.29 is 28.6 Å². The summed E-state index contributed by atoms with van der Waals surface area (Å²) in [5, 5.41) is 12.2. The predicted molar refractivity (Wildman–Crippen MR) is 129 cm³/mol. The summed E-state index contributed by atoms with van der Waals surface area (Å²) in [5.41, 5.74) is 1.08. The van der Waals surface area contributed by atoms with Gasteiger partial charge < -0.3 is 24.1 Å². The van der Waals surface area contributed by atoms with E-state index in [1.807, 2.05) is 12.1 Å². The van der Waals surface area contributed by atoms with Gasteiger partial charge in [0.25, 0.3) is 5.91 Å². The number of piperidine rings is 1. The van der Waals surface area contributed by atoms with Crippen molar-refractivity contribution in [1.29, 1.82) is 0 Å². The van der Waals surface area contributed by atoms with Crippen LogP contribution in [0.5, 0.6) is 5.75 Å². The molecule has 3 amide bonds. The molecule has 5 heterocycles. The SMILES string of the molecule is COc1ccc2c(c1)C(=O)N(C[C@@]1(c3cc4nc(N5CCC(O)CC5)ccc4o3)CC(=O)NC1=O)C2. The maximum atomic E-state index is 13.2. The first kappa shape index (κ1) is 22.5. The lowest BCUT2D eigenvalue weighted by atomic mass is 9.82. The van der Waals surface area contributed by atoms with E-state index in [1.54, 1.807) is 29.2 Å². The second-order valence-corrected chi connectivity index (χ2v) is 9.70. The summed E-state index contributed by atoms with van der Waals surface area (Å²) in [5.74, 6) is 0.529. The van der Waals surface area contributed by atoms with E-state index in [0.717, 1.165) is 11.4 Å². The molecule has 2 saturated heterocycles. The Hall–Kier alpha value is -3.92. The van der Waals surface area contributed by atoms with E-state index in [2.05, 4.69) is 10.2 Å². The summed E-state index contributed by atoms with van der Waals surface area (Å²) in [4.78, 5) is 47.2. The summed E-state index contributed by atoms with van der Waals surface area (Å²) < 4.78 is 11.4. The van der Waals surface area contributed by atoms with Crippen LogP contribution in [0, 0.1) is 0 Å². The zero-order valence-corrected chi connectivity index (χ0v) is 19.8. The molecule has 3 aliphatic rings. The number of carbonyl (C=O) groups is 3. The van der Waals surface area contributed by atoms with Gasteiger partial charge in [0.15, 0.2) is 5.58 Å². The van der Waals surface area contributed by atoms with Crippen LogP contribution in [0.3, 0.4) is 0 Å². The summed E-state index contributed by atoms with van der Waals surface area (Å²) in [6, 6.07) is 10.7. The van der Waals surface area contributed by atoms with Crippen molar-refractivity contribution in [2.45, 2.75) is 37.3 Å². The Kier molecular flexibility index (Phi) is 5.22. The monoisotopic (exact) mass is 490 g/mol. The average Bonchev–Trinajstić information content (AvgIpc) is 3.53.